The highest BCUT2D eigenvalue weighted by molar-refractivity contribution is 4.98. The summed E-state index contributed by atoms with van der Waals surface area (Å²) in [5.74, 6) is 3.46. The van der Waals surface area contributed by atoms with Crippen molar-refractivity contribution in [3.8, 4) is 0 Å². The van der Waals surface area contributed by atoms with E-state index >= 15 is 0 Å². The Morgan fingerprint density at radius 2 is 1.62 bits per heavy atom. The Labute approximate surface area is 132 Å². The van der Waals surface area contributed by atoms with E-state index in [9.17, 15) is 0 Å². The molecule has 124 valence electrons. The van der Waals surface area contributed by atoms with Crippen LogP contribution in [0.2, 0.25) is 0 Å². The van der Waals surface area contributed by atoms with Gasteiger partial charge in [-0.25, -0.2) is 0 Å². The van der Waals surface area contributed by atoms with E-state index in [2.05, 4.69) is 32.6 Å². The normalized spacial score (nSPS) is 36.1. The van der Waals surface area contributed by atoms with Crippen molar-refractivity contribution in [2.24, 2.45) is 29.4 Å². The molecule has 0 spiro atoms. The summed E-state index contributed by atoms with van der Waals surface area (Å²) in [6.07, 6.45) is 9.64. The molecule has 0 aromatic heterocycles. The number of hydrogen-bond acceptors (Lipinski definition) is 2. The smallest absolute Gasteiger partial charge is 0.0334 e. The Morgan fingerprint density at radius 1 is 0.952 bits per heavy atom. The first-order chi connectivity index (χ1) is 9.98. The van der Waals surface area contributed by atoms with Gasteiger partial charge >= 0.3 is 0 Å². The van der Waals surface area contributed by atoms with Crippen molar-refractivity contribution >= 4 is 0 Å². The maximum absolute atomic E-state index is 6.34. The zero-order valence-electron chi connectivity index (χ0n) is 14.9. The third-order valence-electron chi connectivity index (χ3n) is 6.57. The van der Waals surface area contributed by atoms with E-state index in [1.54, 1.807) is 0 Å². The van der Waals surface area contributed by atoms with E-state index < -0.39 is 0 Å². The Balaban J connectivity index is 2.05. The van der Waals surface area contributed by atoms with Gasteiger partial charge in [-0.15, -0.1) is 0 Å². The minimum Gasteiger partial charge on any atom is -0.329 e. The van der Waals surface area contributed by atoms with Gasteiger partial charge in [0.1, 0.15) is 0 Å². The number of hydrogen-bond donors (Lipinski definition) is 1. The van der Waals surface area contributed by atoms with E-state index in [1.165, 1.54) is 58.0 Å². The molecule has 1 saturated heterocycles. The molecule has 2 heteroatoms. The molecular formula is C19H38N2. The van der Waals surface area contributed by atoms with Crippen LogP contribution in [0.4, 0.5) is 0 Å². The second-order valence-electron chi connectivity index (χ2n) is 8.45. The molecule has 2 nitrogen and oxygen atoms in total. The molecule has 2 N–H and O–H groups in total. The molecule has 21 heavy (non-hydrogen) atoms. The molecule has 1 aliphatic heterocycles. The van der Waals surface area contributed by atoms with Crippen molar-refractivity contribution in [1.29, 1.82) is 0 Å². The average Bonchev–Trinajstić information content (AvgIpc) is 2.73. The van der Waals surface area contributed by atoms with Crippen LogP contribution >= 0.6 is 0 Å². The minimum absolute atomic E-state index is 0.319. The van der Waals surface area contributed by atoms with Crippen LogP contribution < -0.4 is 5.73 Å². The molecule has 2 aliphatic rings. The largest absolute Gasteiger partial charge is 0.329 e. The van der Waals surface area contributed by atoms with Crippen molar-refractivity contribution in [2.75, 3.05) is 19.6 Å². The topological polar surface area (TPSA) is 29.3 Å². The fourth-order valence-corrected chi connectivity index (χ4v) is 4.82. The Kier molecular flexibility index (Phi) is 6.14. The van der Waals surface area contributed by atoms with E-state index in [4.69, 9.17) is 5.73 Å². The number of nitrogens with zero attached hydrogens (tertiary/aromatic N) is 1. The summed E-state index contributed by atoms with van der Waals surface area (Å²) in [6.45, 7) is 13.0. The van der Waals surface area contributed by atoms with Crippen molar-refractivity contribution < 1.29 is 0 Å². The lowest BCUT2D eigenvalue weighted by Crippen LogP contribution is -2.57. The van der Waals surface area contributed by atoms with Crippen molar-refractivity contribution in [3.63, 3.8) is 0 Å². The first-order valence-electron chi connectivity index (χ1n) is 9.43. The van der Waals surface area contributed by atoms with Gasteiger partial charge in [0.2, 0.25) is 0 Å². The van der Waals surface area contributed by atoms with Crippen molar-refractivity contribution in [3.05, 3.63) is 0 Å². The van der Waals surface area contributed by atoms with Crippen LogP contribution in [-0.2, 0) is 0 Å². The molecule has 0 aromatic rings. The lowest BCUT2D eigenvalue weighted by atomic mass is 9.70. The van der Waals surface area contributed by atoms with Crippen LogP contribution in [0.3, 0.4) is 0 Å². The standard InChI is InChI=1S/C19H38N2/c1-15(2)17-8-6-11-21(12-9-17)19(14-20)10-5-7-18(13-19)16(3)4/h15-18H,5-14,20H2,1-4H3. The third kappa shape index (κ3) is 4.01. The Morgan fingerprint density at radius 3 is 2.24 bits per heavy atom. The van der Waals surface area contributed by atoms with Gasteiger partial charge in [0.25, 0.3) is 0 Å². The van der Waals surface area contributed by atoms with E-state index in [0.29, 0.717) is 5.54 Å². The van der Waals surface area contributed by atoms with Crippen LogP contribution in [0, 0.1) is 23.7 Å². The molecule has 2 fully saturated rings. The quantitative estimate of drug-likeness (QED) is 0.838. The van der Waals surface area contributed by atoms with Gasteiger partial charge < -0.3 is 5.73 Å². The van der Waals surface area contributed by atoms with Gasteiger partial charge in [0.05, 0.1) is 0 Å². The summed E-state index contributed by atoms with van der Waals surface area (Å²) in [5, 5.41) is 0. The molecule has 2 rings (SSSR count). The van der Waals surface area contributed by atoms with Gasteiger partial charge in [0.15, 0.2) is 0 Å². The highest BCUT2D eigenvalue weighted by Crippen LogP contribution is 2.41. The maximum Gasteiger partial charge on any atom is 0.0334 e. The van der Waals surface area contributed by atoms with Crippen LogP contribution in [0.25, 0.3) is 0 Å². The van der Waals surface area contributed by atoms with Crippen LogP contribution in [0.1, 0.15) is 72.6 Å². The van der Waals surface area contributed by atoms with Gasteiger partial charge in [-0.1, -0.05) is 40.5 Å². The van der Waals surface area contributed by atoms with Crippen LogP contribution in [0.5, 0.6) is 0 Å². The fourth-order valence-electron chi connectivity index (χ4n) is 4.82. The molecule has 0 amide bonds. The van der Waals surface area contributed by atoms with Gasteiger partial charge in [0, 0.05) is 12.1 Å². The first kappa shape index (κ1) is 17.3. The summed E-state index contributed by atoms with van der Waals surface area (Å²) in [7, 11) is 0. The number of likely N-dealkylation sites (tertiary alicyclic amines) is 1. The Hall–Kier alpha value is -0.0800. The molecule has 1 aliphatic carbocycles. The molecule has 3 atom stereocenters. The van der Waals surface area contributed by atoms with E-state index in [-0.39, 0.29) is 0 Å². The molecule has 0 aromatic carbocycles. The van der Waals surface area contributed by atoms with Gasteiger partial charge in [-0.05, 0) is 68.9 Å². The summed E-state index contributed by atoms with van der Waals surface area (Å²) < 4.78 is 0. The maximum atomic E-state index is 6.34. The first-order valence-corrected chi connectivity index (χ1v) is 9.43. The predicted molar refractivity (Wildman–Crippen MR) is 92.3 cm³/mol. The molecule has 3 unspecified atom stereocenters. The molecule has 0 bridgehead atoms. The molecular weight excluding hydrogens is 256 g/mol. The van der Waals surface area contributed by atoms with E-state index in [1.807, 2.05) is 0 Å². The third-order valence-corrected chi connectivity index (χ3v) is 6.57. The lowest BCUT2D eigenvalue weighted by Gasteiger charge is -2.49. The average molecular weight is 295 g/mol. The van der Waals surface area contributed by atoms with Crippen LogP contribution in [-0.4, -0.2) is 30.1 Å². The second kappa shape index (κ2) is 7.46. The highest BCUT2D eigenvalue weighted by atomic mass is 15.2. The minimum atomic E-state index is 0.319. The zero-order chi connectivity index (χ0) is 15.5. The zero-order valence-corrected chi connectivity index (χ0v) is 14.9. The monoisotopic (exact) mass is 294 g/mol. The molecule has 1 saturated carbocycles. The summed E-state index contributed by atoms with van der Waals surface area (Å²) >= 11 is 0. The van der Waals surface area contributed by atoms with Crippen LogP contribution in [0.15, 0.2) is 0 Å². The second-order valence-corrected chi connectivity index (χ2v) is 8.45. The Bertz CT molecular complexity index is 313. The number of nitrogens with two attached hydrogens (primary N) is 1. The predicted octanol–water partition coefficient (Wildman–Crippen LogP) is 4.29. The van der Waals surface area contributed by atoms with Gasteiger partial charge in [-0.3, -0.25) is 4.90 Å². The summed E-state index contributed by atoms with van der Waals surface area (Å²) in [5.41, 5.74) is 6.65. The molecule has 0 radical (unpaired) electrons. The summed E-state index contributed by atoms with van der Waals surface area (Å²) in [4.78, 5) is 2.81. The highest BCUT2D eigenvalue weighted by Gasteiger charge is 2.41. The SMILES string of the molecule is CC(C)C1CCCN(C2(CN)CCCC(C(C)C)C2)CC1. The van der Waals surface area contributed by atoms with Crippen molar-refractivity contribution in [1.82, 2.24) is 4.90 Å². The fraction of sp³-hybridized carbons (Fsp3) is 1.00. The lowest BCUT2D eigenvalue weighted by molar-refractivity contribution is 0.0267. The molecule has 1 heterocycles. The van der Waals surface area contributed by atoms with Crippen molar-refractivity contribution in [2.45, 2.75) is 78.2 Å². The van der Waals surface area contributed by atoms with E-state index in [0.717, 1.165) is 30.2 Å². The number of rotatable bonds is 4. The van der Waals surface area contributed by atoms with Gasteiger partial charge in [-0.2, -0.15) is 0 Å². The summed E-state index contributed by atoms with van der Waals surface area (Å²) in [6, 6.07) is 0.